The van der Waals surface area contributed by atoms with Crippen molar-refractivity contribution in [1.29, 1.82) is 0 Å². The monoisotopic (exact) mass is 336 g/mol. The summed E-state index contributed by atoms with van der Waals surface area (Å²) in [6.07, 6.45) is 1.26. The van der Waals surface area contributed by atoms with E-state index in [1.54, 1.807) is 16.7 Å². The van der Waals surface area contributed by atoms with Crippen LogP contribution in [0.1, 0.15) is 37.8 Å². The number of nitrogens with zero attached hydrogens (tertiary/aromatic N) is 1. The number of anilines is 1. The van der Waals surface area contributed by atoms with Crippen LogP contribution in [0.25, 0.3) is 0 Å². The van der Waals surface area contributed by atoms with Crippen molar-refractivity contribution in [2.24, 2.45) is 0 Å². The Bertz CT molecular complexity index is 524. The second kappa shape index (κ2) is 9.60. The molecule has 0 fully saturated rings. The maximum Gasteiger partial charge on any atom is 0.232 e. The fourth-order valence-electron chi connectivity index (χ4n) is 2.10. The van der Waals surface area contributed by atoms with E-state index in [1.807, 2.05) is 52.9 Å². The van der Waals surface area contributed by atoms with Crippen molar-refractivity contribution in [3.8, 4) is 0 Å². The van der Waals surface area contributed by atoms with Gasteiger partial charge in [-0.05, 0) is 51.0 Å². The van der Waals surface area contributed by atoms with E-state index in [4.69, 9.17) is 0 Å². The fourth-order valence-corrected chi connectivity index (χ4v) is 2.97. The number of hydrogen-bond acceptors (Lipinski definition) is 3. The van der Waals surface area contributed by atoms with Crippen LogP contribution in [-0.4, -0.2) is 41.3 Å². The minimum Gasteiger partial charge on any atom is -0.343 e. The molecule has 0 spiro atoms. The van der Waals surface area contributed by atoms with E-state index in [1.165, 1.54) is 0 Å². The van der Waals surface area contributed by atoms with Gasteiger partial charge < -0.3 is 10.2 Å². The Labute approximate surface area is 144 Å². The molecule has 1 rings (SSSR count). The Hall–Kier alpha value is -1.49. The quantitative estimate of drug-likeness (QED) is 0.738. The van der Waals surface area contributed by atoms with Crippen molar-refractivity contribution >= 4 is 29.3 Å². The molecule has 0 aliphatic carbocycles. The van der Waals surface area contributed by atoms with Crippen LogP contribution < -0.4 is 5.32 Å². The van der Waals surface area contributed by atoms with Gasteiger partial charge in [0.25, 0.3) is 0 Å². The van der Waals surface area contributed by atoms with E-state index < -0.39 is 0 Å². The summed E-state index contributed by atoms with van der Waals surface area (Å²) < 4.78 is 0. The van der Waals surface area contributed by atoms with Gasteiger partial charge in [0.2, 0.25) is 11.8 Å². The molecule has 23 heavy (non-hydrogen) atoms. The number of aryl methyl sites for hydroxylation is 2. The van der Waals surface area contributed by atoms with Crippen LogP contribution >= 0.6 is 11.8 Å². The zero-order valence-electron chi connectivity index (χ0n) is 14.8. The Balaban J connectivity index is 2.26. The maximum absolute atomic E-state index is 12.0. The van der Waals surface area contributed by atoms with Crippen LogP contribution in [0.3, 0.4) is 0 Å². The highest BCUT2D eigenvalue weighted by atomic mass is 32.2. The van der Waals surface area contributed by atoms with Gasteiger partial charge in [-0.25, -0.2) is 0 Å². The number of benzene rings is 1. The first kappa shape index (κ1) is 19.6. The summed E-state index contributed by atoms with van der Waals surface area (Å²) in [5.41, 5.74) is 3.07. The Morgan fingerprint density at radius 1 is 1.22 bits per heavy atom. The zero-order chi connectivity index (χ0) is 17.4. The summed E-state index contributed by atoms with van der Waals surface area (Å²) in [7, 11) is 1.82. The maximum atomic E-state index is 12.0. The third-order valence-electron chi connectivity index (χ3n) is 3.83. The van der Waals surface area contributed by atoms with Crippen molar-refractivity contribution in [2.75, 3.05) is 23.9 Å². The molecule has 0 saturated heterocycles. The van der Waals surface area contributed by atoms with Crippen LogP contribution in [0.5, 0.6) is 0 Å². The van der Waals surface area contributed by atoms with Gasteiger partial charge in [0.05, 0.1) is 5.75 Å². The van der Waals surface area contributed by atoms with E-state index >= 15 is 0 Å². The molecule has 0 bridgehead atoms. The van der Waals surface area contributed by atoms with Crippen LogP contribution in [-0.2, 0) is 9.59 Å². The van der Waals surface area contributed by atoms with Crippen LogP contribution in [0.4, 0.5) is 5.69 Å². The smallest absolute Gasteiger partial charge is 0.232 e. The molecule has 128 valence electrons. The Kier molecular flexibility index (Phi) is 8.17. The predicted molar refractivity (Wildman–Crippen MR) is 99.0 cm³/mol. The van der Waals surface area contributed by atoms with Crippen molar-refractivity contribution in [3.63, 3.8) is 0 Å². The number of carbonyl (C=O) groups is 2. The number of hydrogen-bond donors (Lipinski definition) is 1. The average molecular weight is 337 g/mol. The first-order valence-corrected chi connectivity index (χ1v) is 9.18. The molecule has 4 nitrogen and oxygen atoms in total. The van der Waals surface area contributed by atoms with Gasteiger partial charge in [-0.15, -0.1) is 0 Å². The molecular formula is C18H28N2O2S. The summed E-state index contributed by atoms with van der Waals surface area (Å²) in [5.74, 6) is 1.48. The molecular weight excluding hydrogens is 308 g/mol. The molecule has 2 amide bonds. The molecule has 0 radical (unpaired) electrons. The zero-order valence-corrected chi connectivity index (χ0v) is 15.6. The van der Waals surface area contributed by atoms with Gasteiger partial charge in [-0.3, -0.25) is 9.59 Å². The van der Waals surface area contributed by atoms with E-state index in [0.717, 1.165) is 29.0 Å². The van der Waals surface area contributed by atoms with Gasteiger partial charge >= 0.3 is 0 Å². The van der Waals surface area contributed by atoms with Gasteiger partial charge in [0.1, 0.15) is 0 Å². The van der Waals surface area contributed by atoms with E-state index in [9.17, 15) is 9.59 Å². The summed E-state index contributed by atoms with van der Waals surface area (Å²) in [6.45, 7) is 7.99. The largest absolute Gasteiger partial charge is 0.343 e. The third kappa shape index (κ3) is 6.65. The molecule has 0 atom stereocenters. The molecule has 0 aliphatic rings. The molecule has 1 aromatic carbocycles. The predicted octanol–water partition coefficient (Wildman–Crippen LogP) is 3.62. The number of para-hydroxylation sites is 1. The van der Waals surface area contributed by atoms with Gasteiger partial charge in [-0.2, -0.15) is 11.8 Å². The SMILES string of the molecule is Cc1cccc(C)c1NC(=O)CCCSCC(=O)N(C)C(C)C. The molecule has 0 aromatic heterocycles. The third-order valence-corrected chi connectivity index (χ3v) is 4.86. The number of carbonyl (C=O) groups excluding carboxylic acids is 2. The summed E-state index contributed by atoms with van der Waals surface area (Å²) in [6, 6.07) is 6.21. The molecule has 5 heteroatoms. The minimum atomic E-state index is 0.0358. The van der Waals surface area contributed by atoms with E-state index in [0.29, 0.717) is 12.2 Å². The van der Waals surface area contributed by atoms with Crippen molar-refractivity contribution < 1.29 is 9.59 Å². The lowest BCUT2D eigenvalue weighted by atomic mass is 10.1. The van der Waals surface area contributed by atoms with Gasteiger partial charge in [-0.1, -0.05) is 18.2 Å². The summed E-state index contributed by atoms with van der Waals surface area (Å²) >= 11 is 1.59. The second-order valence-corrected chi connectivity index (χ2v) is 7.17. The first-order valence-electron chi connectivity index (χ1n) is 8.02. The normalized spacial score (nSPS) is 10.7. The molecule has 1 aromatic rings. The molecule has 0 unspecified atom stereocenters. The van der Waals surface area contributed by atoms with E-state index in [-0.39, 0.29) is 17.9 Å². The lowest BCUT2D eigenvalue weighted by Crippen LogP contribution is -2.34. The van der Waals surface area contributed by atoms with Crippen molar-refractivity contribution in [2.45, 2.75) is 46.6 Å². The highest BCUT2D eigenvalue weighted by molar-refractivity contribution is 7.99. The standard InChI is InChI=1S/C18H28N2O2S/c1-13(2)20(5)17(22)12-23-11-7-10-16(21)19-18-14(3)8-6-9-15(18)4/h6,8-9,13H,7,10-12H2,1-5H3,(H,19,21). The molecule has 0 saturated carbocycles. The van der Waals surface area contributed by atoms with Crippen LogP contribution in [0, 0.1) is 13.8 Å². The lowest BCUT2D eigenvalue weighted by Gasteiger charge is -2.21. The minimum absolute atomic E-state index is 0.0358. The Morgan fingerprint density at radius 3 is 2.39 bits per heavy atom. The molecule has 1 N–H and O–H groups in total. The summed E-state index contributed by atoms with van der Waals surface area (Å²) in [5, 5.41) is 2.99. The number of nitrogens with one attached hydrogen (secondary N) is 1. The van der Waals surface area contributed by atoms with Gasteiger partial charge in [0, 0.05) is 25.2 Å². The number of rotatable bonds is 8. The lowest BCUT2D eigenvalue weighted by molar-refractivity contribution is -0.128. The highest BCUT2D eigenvalue weighted by Gasteiger charge is 2.12. The Morgan fingerprint density at radius 2 is 1.83 bits per heavy atom. The van der Waals surface area contributed by atoms with Crippen LogP contribution in [0.2, 0.25) is 0 Å². The summed E-state index contributed by atoms with van der Waals surface area (Å²) in [4.78, 5) is 25.6. The van der Waals surface area contributed by atoms with Crippen molar-refractivity contribution in [1.82, 2.24) is 4.90 Å². The van der Waals surface area contributed by atoms with Gasteiger partial charge in [0.15, 0.2) is 0 Å². The average Bonchev–Trinajstić information content (AvgIpc) is 2.49. The number of amides is 2. The first-order chi connectivity index (χ1) is 10.8. The molecule has 0 aliphatic heterocycles. The van der Waals surface area contributed by atoms with Crippen LogP contribution in [0.15, 0.2) is 18.2 Å². The van der Waals surface area contributed by atoms with E-state index in [2.05, 4.69) is 5.32 Å². The topological polar surface area (TPSA) is 49.4 Å². The highest BCUT2D eigenvalue weighted by Crippen LogP contribution is 2.19. The molecule has 0 heterocycles. The van der Waals surface area contributed by atoms with Crippen molar-refractivity contribution in [3.05, 3.63) is 29.3 Å². The fraction of sp³-hybridized carbons (Fsp3) is 0.556. The second-order valence-electron chi connectivity index (χ2n) is 6.07. The number of thioether (sulfide) groups is 1.